The van der Waals surface area contributed by atoms with E-state index < -0.39 is 5.54 Å². The van der Waals surface area contributed by atoms with E-state index in [-0.39, 0.29) is 5.91 Å². The summed E-state index contributed by atoms with van der Waals surface area (Å²) < 4.78 is 2.21. The van der Waals surface area contributed by atoms with Gasteiger partial charge in [0.15, 0.2) is 5.16 Å². The zero-order valence-corrected chi connectivity index (χ0v) is 16.5. The number of carbonyl (C=O) groups excluding carboxylic acids is 1. The topological polar surface area (TPSA) is 70.7 Å². The van der Waals surface area contributed by atoms with Crippen molar-refractivity contribution in [2.24, 2.45) is 0 Å². The summed E-state index contributed by atoms with van der Waals surface area (Å²) in [7, 11) is 0. The molecule has 1 aliphatic rings. The minimum Gasteiger partial charge on any atom is -0.337 e. The van der Waals surface area contributed by atoms with Crippen molar-refractivity contribution in [3.63, 3.8) is 0 Å². The lowest BCUT2D eigenvalue weighted by atomic mass is 9.92. The SMILES string of the molecule is CCCCn1c(SCC(=O)NC2(C#N)CCCCCC2)nc(C)c1C. The Morgan fingerprint density at radius 1 is 1.32 bits per heavy atom. The van der Waals surface area contributed by atoms with Gasteiger partial charge in [0, 0.05) is 12.2 Å². The van der Waals surface area contributed by atoms with Crippen LogP contribution in [-0.4, -0.2) is 26.8 Å². The number of rotatable bonds is 7. The summed E-state index contributed by atoms with van der Waals surface area (Å²) in [5, 5.41) is 13.5. The highest BCUT2D eigenvalue weighted by molar-refractivity contribution is 7.99. The molecule has 0 atom stereocenters. The van der Waals surface area contributed by atoms with E-state index in [1.165, 1.54) is 17.5 Å². The van der Waals surface area contributed by atoms with Gasteiger partial charge in [-0.15, -0.1) is 0 Å². The van der Waals surface area contributed by atoms with Crippen LogP contribution in [0.5, 0.6) is 0 Å². The number of nitrogens with one attached hydrogen (secondary N) is 1. The van der Waals surface area contributed by atoms with Crippen LogP contribution in [0.15, 0.2) is 5.16 Å². The van der Waals surface area contributed by atoms with Crippen LogP contribution in [0.3, 0.4) is 0 Å². The average Bonchev–Trinajstić information content (AvgIpc) is 2.77. The van der Waals surface area contributed by atoms with E-state index in [2.05, 4.69) is 34.8 Å². The summed E-state index contributed by atoms with van der Waals surface area (Å²) in [6.07, 6.45) is 8.11. The zero-order valence-electron chi connectivity index (χ0n) is 15.7. The second kappa shape index (κ2) is 9.28. The number of hydrogen-bond donors (Lipinski definition) is 1. The largest absolute Gasteiger partial charge is 0.337 e. The Morgan fingerprint density at radius 3 is 2.60 bits per heavy atom. The molecular weight excluding hydrogens is 332 g/mol. The molecule has 1 aliphatic carbocycles. The third kappa shape index (κ3) is 5.24. The normalized spacial score (nSPS) is 16.9. The molecule has 0 saturated heterocycles. The van der Waals surface area contributed by atoms with Crippen LogP contribution >= 0.6 is 11.8 Å². The lowest BCUT2D eigenvalue weighted by Gasteiger charge is -2.26. The number of amides is 1. The number of aromatic nitrogens is 2. The predicted molar refractivity (Wildman–Crippen MR) is 102 cm³/mol. The van der Waals surface area contributed by atoms with Crippen molar-refractivity contribution in [2.75, 3.05) is 5.75 Å². The van der Waals surface area contributed by atoms with Crippen LogP contribution in [0, 0.1) is 25.2 Å². The van der Waals surface area contributed by atoms with E-state index in [0.29, 0.717) is 5.75 Å². The van der Waals surface area contributed by atoms with Gasteiger partial charge in [-0.25, -0.2) is 4.98 Å². The molecule has 1 aromatic heterocycles. The molecular formula is C19H30N4OS. The Labute approximate surface area is 155 Å². The highest BCUT2D eigenvalue weighted by atomic mass is 32.2. The smallest absolute Gasteiger partial charge is 0.231 e. The predicted octanol–water partition coefficient (Wildman–Crippen LogP) is 4.12. The minimum atomic E-state index is -0.669. The van der Waals surface area contributed by atoms with Gasteiger partial charge in [0.05, 0.1) is 17.5 Å². The van der Waals surface area contributed by atoms with Crippen molar-refractivity contribution in [3.8, 4) is 6.07 Å². The second-order valence-corrected chi connectivity index (χ2v) is 7.96. The first-order chi connectivity index (χ1) is 12.0. The number of nitrogens with zero attached hydrogens (tertiary/aromatic N) is 3. The summed E-state index contributed by atoms with van der Waals surface area (Å²) in [6, 6.07) is 2.38. The van der Waals surface area contributed by atoms with Gasteiger partial charge in [-0.3, -0.25) is 4.79 Å². The van der Waals surface area contributed by atoms with Gasteiger partial charge in [0.25, 0.3) is 0 Å². The number of unbranched alkanes of at least 4 members (excludes halogenated alkanes) is 1. The van der Waals surface area contributed by atoms with Crippen molar-refractivity contribution < 1.29 is 4.79 Å². The summed E-state index contributed by atoms with van der Waals surface area (Å²) in [6.45, 7) is 7.21. The first-order valence-electron chi connectivity index (χ1n) is 9.40. The molecule has 1 amide bonds. The first kappa shape index (κ1) is 19.8. The number of hydrogen-bond acceptors (Lipinski definition) is 4. The van der Waals surface area contributed by atoms with Gasteiger partial charge in [-0.05, 0) is 33.1 Å². The summed E-state index contributed by atoms with van der Waals surface area (Å²) >= 11 is 1.47. The van der Waals surface area contributed by atoms with Crippen LogP contribution in [0.25, 0.3) is 0 Å². The lowest BCUT2D eigenvalue weighted by Crippen LogP contribution is -2.47. The number of aryl methyl sites for hydroxylation is 1. The van der Waals surface area contributed by atoms with Crippen LogP contribution < -0.4 is 5.32 Å². The molecule has 0 aliphatic heterocycles. The van der Waals surface area contributed by atoms with Gasteiger partial charge in [0.2, 0.25) is 5.91 Å². The van der Waals surface area contributed by atoms with E-state index in [4.69, 9.17) is 0 Å². The Bertz CT molecular complexity index is 624. The van der Waals surface area contributed by atoms with Crippen LogP contribution in [0.4, 0.5) is 0 Å². The standard InChI is InChI=1S/C19H30N4OS/c1-4-5-12-23-16(3)15(2)21-18(23)25-13-17(24)22-19(14-20)10-8-6-7-9-11-19/h4-13H2,1-3H3,(H,22,24). The fourth-order valence-corrected chi connectivity index (χ4v) is 4.26. The van der Waals surface area contributed by atoms with E-state index >= 15 is 0 Å². The molecule has 0 bridgehead atoms. The van der Waals surface area contributed by atoms with Crippen molar-refractivity contribution >= 4 is 17.7 Å². The van der Waals surface area contributed by atoms with Crippen LogP contribution in [0.1, 0.15) is 69.7 Å². The molecule has 0 spiro atoms. The minimum absolute atomic E-state index is 0.0613. The third-order valence-corrected chi connectivity index (χ3v) is 6.02. The van der Waals surface area contributed by atoms with E-state index in [9.17, 15) is 10.1 Å². The highest BCUT2D eigenvalue weighted by Gasteiger charge is 2.32. The molecule has 1 aromatic rings. The molecule has 1 N–H and O–H groups in total. The molecule has 138 valence electrons. The fraction of sp³-hybridized carbons (Fsp3) is 0.737. The monoisotopic (exact) mass is 362 g/mol. The summed E-state index contributed by atoms with van der Waals surface area (Å²) in [5.74, 6) is 0.250. The second-order valence-electron chi connectivity index (χ2n) is 7.02. The molecule has 5 nitrogen and oxygen atoms in total. The molecule has 6 heteroatoms. The van der Waals surface area contributed by atoms with Gasteiger partial charge >= 0.3 is 0 Å². The Morgan fingerprint density at radius 2 is 2.00 bits per heavy atom. The fourth-order valence-electron chi connectivity index (χ4n) is 3.34. The third-order valence-electron chi connectivity index (χ3n) is 5.04. The van der Waals surface area contributed by atoms with Gasteiger partial charge in [-0.2, -0.15) is 5.26 Å². The summed E-state index contributed by atoms with van der Waals surface area (Å²) in [5.41, 5.74) is 1.53. The molecule has 0 radical (unpaired) electrons. The van der Waals surface area contributed by atoms with E-state index in [0.717, 1.165) is 68.8 Å². The Hall–Kier alpha value is -1.48. The van der Waals surface area contributed by atoms with Crippen molar-refractivity contribution in [1.82, 2.24) is 14.9 Å². The number of imidazole rings is 1. The maximum atomic E-state index is 12.5. The Kier molecular flexibility index (Phi) is 7.37. The maximum Gasteiger partial charge on any atom is 0.231 e. The van der Waals surface area contributed by atoms with E-state index in [1.54, 1.807) is 0 Å². The highest BCUT2D eigenvalue weighted by Crippen LogP contribution is 2.27. The quantitative estimate of drug-likeness (QED) is 0.585. The lowest BCUT2D eigenvalue weighted by molar-refractivity contribution is -0.120. The maximum absolute atomic E-state index is 12.5. The number of carbonyl (C=O) groups is 1. The number of thioether (sulfide) groups is 1. The van der Waals surface area contributed by atoms with Crippen molar-refractivity contribution in [1.29, 1.82) is 5.26 Å². The van der Waals surface area contributed by atoms with Crippen LogP contribution in [0.2, 0.25) is 0 Å². The first-order valence-corrected chi connectivity index (χ1v) is 10.4. The van der Waals surface area contributed by atoms with Crippen molar-refractivity contribution in [3.05, 3.63) is 11.4 Å². The number of nitriles is 1. The van der Waals surface area contributed by atoms with Crippen LogP contribution in [-0.2, 0) is 11.3 Å². The van der Waals surface area contributed by atoms with Crippen molar-refractivity contribution in [2.45, 2.75) is 89.4 Å². The van der Waals surface area contributed by atoms with Gasteiger partial charge < -0.3 is 9.88 Å². The van der Waals surface area contributed by atoms with Gasteiger partial charge in [-0.1, -0.05) is 50.8 Å². The molecule has 25 heavy (non-hydrogen) atoms. The molecule has 1 fully saturated rings. The molecule has 1 saturated carbocycles. The molecule has 0 aromatic carbocycles. The summed E-state index contributed by atoms with van der Waals surface area (Å²) in [4.78, 5) is 17.1. The Balaban J connectivity index is 1.97. The van der Waals surface area contributed by atoms with Gasteiger partial charge in [0.1, 0.15) is 5.54 Å². The van der Waals surface area contributed by atoms with E-state index in [1.807, 2.05) is 6.92 Å². The molecule has 0 unspecified atom stereocenters. The molecule has 2 rings (SSSR count). The molecule has 1 heterocycles. The average molecular weight is 363 g/mol. The zero-order chi connectivity index (χ0) is 18.3.